The Balaban J connectivity index is 5.10. The minimum Gasteiger partial charge on any atom is -0.444 e. The number of aliphatic hydroxyl groups is 1. The molecule has 0 fully saturated rings. The predicted molar refractivity (Wildman–Crippen MR) is 101 cm³/mol. The number of hydrogen-bond donors (Lipinski definition) is 2. The first kappa shape index (κ1) is 22.7. The molecule has 24 heavy (non-hydrogen) atoms. The van der Waals surface area contributed by atoms with E-state index in [1.807, 2.05) is 60.6 Å². The SMILES string of the molecule is C/C=C(/C)C(O)(CCC(NC(=O)OC(C)(C)C)C(C)C)/C(C)=C/C. The summed E-state index contributed by atoms with van der Waals surface area (Å²) in [4.78, 5) is 12.1. The van der Waals surface area contributed by atoms with Crippen molar-refractivity contribution in [2.75, 3.05) is 0 Å². The normalized spacial score (nSPS) is 17.5. The van der Waals surface area contributed by atoms with Crippen LogP contribution in [0.4, 0.5) is 4.79 Å². The van der Waals surface area contributed by atoms with Crippen LogP contribution in [0.25, 0.3) is 0 Å². The fourth-order valence-corrected chi connectivity index (χ4v) is 2.58. The molecule has 0 aromatic carbocycles. The van der Waals surface area contributed by atoms with Crippen molar-refractivity contribution >= 4 is 6.09 Å². The smallest absolute Gasteiger partial charge is 0.407 e. The van der Waals surface area contributed by atoms with Crippen LogP contribution in [0.5, 0.6) is 0 Å². The van der Waals surface area contributed by atoms with Gasteiger partial charge < -0.3 is 15.2 Å². The molecular weight excluding hydrogens is 302 g/mol. The highest BCUT2D eigenvalue weighted by Crippen LogP contribution is 2.31. The molecule has 0 aliphatic heterocycles. The summed E-state index contributed by atoms with van der Waals surface area (Å²) in [5.41, 5.74) is 0.373. The third-order valence-corrected chi connectivity index (χ3v) is 4.49. The van der Waals surface area contributed by atoms with Crippen LogP contribution in [0.3, 0.4) is 0 Å². The summed E-state index contributed by atoms with van der Waals surface area (Å²) in [5, 5.41) is 14.1. The second kappa shape index (κ2) is 9.26. The van der Waals surface area contributed by atoms with Crippen molar-refractivity contribution in [3.8, 4) is 0 Å². The predicted octanol–water partition coefficient (Wildman–Crippen LogP) is 4.98. The van der Waals surface area contributed by atoms with Gasteiger partial charge in [0.15, 0.2) is 0 Å². The van der Waals surface area contributed by atoms with Gasteiger partial charge in [-0.3, -0.25) is 0 Å². The average Bonchev–Trinajstić information content (AvgIpc) is 2.46. The third kappa shape index (κ3) is 7.08. The van der Waals surface area contributed by atoms with E-state index in [0.29, 0.717) is 12.8 Å². The van der Waals surface area contributed by atoms with Crippen molar-refractivity contribution in [3.05, 3.63) is 23.3 Å². The molecule has 2 atom stereocenters. The molecule has 0 aliphatic rings. The number of rotatable bonds is 7. The number of nitrogens with one attached hydrogen (secondary N) is 1. The fraction of sp³-hybridized carbons (Fsp3) is 0.750. The summed E-state index contributed by atoms with van der Waals surface area (Å²) in [6.45, 7) is 17.4. The molecule has 2 N–H and O–H groups in total. The molecular formula is C20H37NO3. The van der Waals surface area contributed by atoms with Crippen molar-refractivity contribution < 1.29 is 14.6 Å². The minimum absolute atomic E-state index is 0.0549. The van der Waals surface area contributed by atoms with E-state index < -0.39 is 17.3 Å². The van der Waals surface area contributed by atoms with E-state index in [1.54, 1.807) is 0 Å². The second-order valence-electron chi connectivity index (χ2n) is 7.84. The van der Waals surface area contributed by atoms with Crippen LogP contribution < -0.4 is 5.32 Å². The Morgan fingerprint density at radius 2 is 1.58 bits per heavy atom. The van der Waals surface area contributed by atoms with Gasteiger partial charge in [-0.2, -0.15) is 0 Å². The van der Waals surface area contributed by atoms with Gasteiger partial charge in [0.25, 0.3) is 0 Å². The van der Waals surface area contributed by atoms with Gasteiger partial charge in [-0.05, 0) is 78.4 Å². The van der Waals surface area contributed by atoms with Gasteiger partial charge in [-0.1, -0.05) is 26.0 Å². The third-order valence-electron chi connectivity index (χ3n) is 4.49. The summed E-state index contributed by atoms with van der Waals surface area (Å²) < 4.78 is 5.35. The zero-order chi connectivity index (χ0) is 19.1. The molecule has 1 amide bonds. The van der Waals surface area contributed by atoms with Gasteiger partial charge in [0.1, 0.15) is 11.2 Å². The molecule has 0 saturated heterocycles. The summed E-state index contributed by atoms with van der Waals surface area (Å²) in [7, 11) is 0. The Morgan fingerprint density at radius 1 is 1.12 bits per heavy atom. The average molecular weight is 340 g/mol. The van der Waals surface area contributed by atoms with Crippen molar-refractivity contribution in [1.29, 1.82) is 0 Å². The van der Waals surface area contributed by atoms with Gasteiger partial charge in [0, 0.05) is 6.04 Å². The molecule has 0 rings (SSSR count). The number of alkyl carbamates (subject to hydrolysis) is 1. The second-order valence-corrected chi connectivity index (χ2v) is 7.84. The number of carbonyl (C=O) groups is 1. The molecule has 0 spiro atoms. The Bertz CT molecular complexity index is 452. The molecule has 0 aliphatic carbocycles. The zero-order valence-corrected chi connectivity index (χ0v) is 17.0. The first-order chi connectivity index (χ1) is 10.9. The van der Waals surface area contributed by atoms with Crippen molar-refractivity contribution in [2.45, 2.75) is 92.4 Å². The Kier molecular flexibility index (Phi) is 8.76. The minimum atomic E-state index is -0.966. The van der Waals surface area contributed by atoms with Gasteiger partial charge in [0.2, 0.25) is 0 Å². The number of allylic oxidation sites excluding steroid dienone is 2. The maximum Gasteiger partial charge on any atom is 0.407 e. The lowest BCUT2D eigenvalue weighted by atomic mass is 9.81. The summed E-state index contributed by atoms with van der Waals surface area (Å²) in [5.74, 6) is 0.249. The number of ether oxygens (including phenoxy) is 1. The molecule has 0 bridgehead atoms. The monoisotopic (exact) mass is 339 g/mol. The molecule has 0 aromatic rings. The topological polar surface area (TPSA) is 58.6 Å². The molecule has 4 heteroatoms. The number of carbonyl (C=O) groups excluding carboxylic acids is 1. The zero-order valence-electron chi connectivity index (χ0n) is 17.0. The fourth-order valence-electron chi connectivity index (χ4n) is 2.58. The summed E-state index contributed by atoms with van der Waals surface area (Å²) in [6.07, 6.45) is 4.70. The van der Waals surface area contributed by atoms with Gasteiger partial charge in [0.05, 0.1) is 0 Å². The molecule has 2 unspecified atom stereocenters. The van der Waals surface area contributed by atoms with Crippen LogP contribution in [-0.2, 0) is 4.74 Å². The van der Waals surface area contributed by atoms with Gasteiger partial charge >= 0.3 is 6.09 Å². The van der Waals surface area contributed by atoms with E-state index >= 15 is 0 Å². The summed E-state index contributed by atoms with van der Waals surface area (Å²) in [6, 6.07) is -0.0549. The van der Waals surface area contributed by atoms with Crippen LogP contribution >= 0.6 is 0 Å². The van der Waals surface area contributed by atoms with E-state index in [-0.39, 0.29) is 12.0 Å². The summed E-state index contributed by atoms with van der Waals surface area (Å²) >= 11 is 0. The largest absolute Gasteiger partial charge is 0.444 e. The van der Waals surface area contributed by atoms with Crippen LogP contribution in [-0.4, -0.2) is 28.4 Å². The van der Waals surface area contributed by atoms with Crippen molar-refractivity contribution in [3.63, 3.8) is 0 Å². The molecule has 0 radical (unpaired) electrons. The van der Waals surface area contributed by atoms with Crippen molar-refractivity contribution in [2.24, 2.45) is 5.92 Å². The van der Waals surface area contributed by atoms with Gasteiger partial charge in [-0.15, -0.1) is 0 Å². The van der Waals surface area contributed by atoms with E-state index in [0.717, 1.165) is 11.1 Å². The lowest BCUT2D eigenvalue weighted by molar-refractivity contribution is 0.0466. The highest BCUT2D eigenvalue weighted by Gasteiger charge is 2.32. The number of amides is 1. The van der Waals surface area contributed by atoms with Crippen LogP contribution in [0, 0.1) is 5.92 Å². The molecule has 0 heterocycles. The lowest BCUT2D eigenvalue weighted by Crippen LogP contribution is -2.43. The quantitative estimate of drug-likeness (QED) is 0.643. The van der Waals surface area contributed by atoms with Gasteiger partial charge in [-0.25, -0.2) is 4.79 Å². The van der Waals surface area contributed by atoms with Crippen LogP contribution in [0.15, 0.2) is 23.3 Å². The molecule has 4 nitrogen and oxygen atoms in total. The first-order valence-electron chi connectivity index (χ1n) is 8.86. The Hall–Kier alpha value is -1.29. The highest BCUT2D eigenvalue weighted by molar-refractivity contribution is 5.68. The Labute approximate surface area is 148 Å². The van der Waals surface area contributed by atoms with E-state index in [9.17, 15) is 9.90 Å². The maximum absolute atomic E-state index is 12.1. The molecule has 140 valence electrons. The Morgan fingerprint density at radius 3 is 1.92 bits per heavy atom. The lowest BCUT2D eigenvalue weighted by Gasteiger charge is -2.33. The molecule has 0 aromatic heterocycles. The van der Waals surface area contributed by atoms with Crippen LogP contribution in [0.2, 0.25) is 0 Å². The van der Waals surface area contributed by atoms with Crippen LogP contribution in [0.1, 0.15) is 75.2 Å². The van der Waals surface area contributed by atoms with E-state index in [2.05, 4.69) is 19.2 Å². The van der Waals surface area contributed by atoms with E-state index in [4.69, 9.17) is 4.74 Å². The highest BCUT2D eigenvalue weighted by atomic mass is 16.6. The standard InChI is InChI=1S/C20H37NO3/c1-10-15(5)20(23,16(6)11-2)13-12-17(14(3)4)21-18(22)24-19(7,8)9/h10-11,14,17,23H,12-13H2,1-9H3,(H,21,22)/b15-10-,16-11+. The maximum atomic E-state index is 12.1. The van der Waals surface area contributed by atoms with E-state index in [1.165, 1.54) is 0 Å². The molecule has 0 saturated carbocycles. The first-order valence-corrected chi connectivity index (χ1v) is 8.86. The number of hydrogen-bond acceptors (Lipinski definition) is 3. The van der Waals surface area contributed by atoms with Crippen molar-refractivity contribution in [1.82, 2.24) is 5.32 Å².